The fourth-order valence-corrected chi connectivity index (χ4v) is 2.31. The summed E-state index contributed by atoms with van der Waals surface area (Å²) in [5.41, 5.74) is 12.6. The van der Waals surface area contributed by atoms with Crippen LogP contribution in [0.15, 0.2) is 24.4 Å². The molecular formula is C18H25N3O5. The molecule has 2 aromatic rings. The number of aromatic amines is 1. The second-order valence-corrected chi connectivity index (χ2v) is 7.12. The van der Waals surface area contributed by atoms with Crippen molar-refractivity contribution in [1.29, 1.82) is 0 Å². The van der Waals surface area contributed by atoms with Crippen molar-refractivity contribution in [3.05, 3.63) is 30.0 Å². The smallest absolute Gasteiger partial charge is 0.333 e. The Balaban J connectivity index is 1.94. The molecule has 6 N–H and O–H groups in total. The quantitative estimate of drug-likeness (QED) is 0.442. The van der Waals surface area contributed by atoms with Crippen LogP contribution in [0.1, 0.15) is 26.3 Å². The minimum absolute atomic E-state index is 0.0629. The van der Waals surface area contributed by atoms with Crippen molar-refractivity contribution in [2.24, 2.45) is 11.5 Å². The highest BCUT2D eigenvalue weighted by Crippen LogP contribution is 2.23. The van der Waals surface area contributed by atoms with E-state index in [9.17, 15) is 14.7 Å². The Morgan fingerprint density at radius 1 is 1.19 bits per heavy atom. The molecule has 0 saturated carbocycles. The average Bonchev–Trinajstić information content (AvgIpc) is 2.93. The van der Waals surface area contributed by atoms with Gasteiger partial charge in [-0.05, 0) is 44.5 Å². The van der Waals surface area contributed by atoms with Crippen molar-refractivity contribution in [1.82, 2.24) is 4.98 Å². The molecule has 8 heteroatoms. The van der Waals surface area contributed by atoms with Gasteiger partial charge in [-0.25, -0.2) is 9.59 Å². The molecule has 0 bridgehead atoms. The highest BCUT2D eigenvalue weighted by molar-refractivity contribution is 5.91. The molecule has 0 radical (unpaired) electrons. The number of benzene rings is 1. The number of hydrogen-bond acceptors (Lipinski definition) is 7. The largest absolute Gasteiger partial charge is 0.508 e. The lowest BCUT2D eigenvalue weighted by molar-refractivity contribution is -0.163. The van der Waals surface area contributed by atoms with Crippen LogP contribution < -0.4 is 11.5 Å². The van der Waals surface area contributed by atoms with Gasteiger partial charge in [0.15, 0.2) is 0 Å². The number of nitrogens with one attached hydrogen (secondary N) is 1. The number of fused-ring (bicyclic) bond motifs is 1. The summed E-state index contributed by atoms with van der Waals surface area (Å²) in [5.74, 6) is -1.64. The van der Waals surface area contributed by atoms with Gasteiger partial charge in [0.1, 0.15) is 17.8 Å². The van der Waals surface area contributed by atoms with Crippen LogP contribution in [0.2, 0.25) is 0 Å². The number of carbonyl (C=O) groups is 2. The van der Waals surface area contributed by atoms with Gasteiger partial charge in [0, 0.05) is 23.5 Å². The van der Waals surface area contributed by atoms with Crippen molar-refractivity contribution >= 4 is 22.8 Å². The summed E-state index contributed by atoms with van der Waals surface area (Å²) in [4.78, 5) is 27.0. The van der Waals surface area contributed by atoms with Gasteiger partial charge in [-0.2, -0.15) is 0 Å². The zero-order chi connectivity index (χ0) is 19.5. The zero-order valence-corrected chi connectivity index (χ0v) is 15.1. The molecule has 0 fully saturated rings. The molecule has 142 valence electrons. The number of aromatic nitrogens is 1. The maximum Gasteiger partial charge on any atom is 0.333 e. The predicted octanol–water partition coefficient (Wildman–Crippen LogP) is 0.956. The van der Waals surface area contributed by atoms with Crippen LogP contribution in [0.25, 0.3) is 10.9 Å². The molecule has 0 saturated heterocycles. The van der Waals surface area contributed by atoms with E-state index in [2.05, 4.69) is 4.98 Å². The van der Waals surface area contributed by atoms with E-state index in [4.69, 9.17) is 20.9 Å². The lowest BCUT2D eigenvalue weighted by Gasteiger charge is -2.21. The topological polar surface area (TPSA) is 141 Å². The molecule has 0 unspecified atom stereocenters. The van der Waals surface area contributed by atoms with Gasteiger partial charge in [-0.15, -0.1) is 0 Å². The summed E-state index contributed by atoms with van der Waals surface area (Å²) < 4.78 is 10.2. The maximum atomic E-state index is 12.1. The minimum atomic E-state index is -1.07. The average molecular weight is 363 g/mol. The first-order valence-electron chi connectivity index (χ1n) is 8.26. The summed E-state index contributed by atoms with van der Waals surface area (Å²) >= 11 is 0. The molecule has 8 nitrogen and oxygen atoms in total. The molecule has 1 aromatic heterocycles. The Labute approximate surface area is 151 Å². The third-order valence-electron chi connectivity index (χ3n) is 3.69. The molecule has 0 aliphatic carbocycles. The SMILES string of the molecule is CC(C)(C)OC[C@H](N)C(=O)OC(=O)[C@@H](N)Cc1c[nH]c2ccc(O)cc12. The van der Waals surface area contributed by atoms with Gasteiger partial charge in [0.25, 0.3) is 0 Å². The number of H-pyrrole nitrogens is 1. The molecule has 1 heterocycles. The first-order valence-corrected chi connectivity index (χ1v) is 8.26. The lowest BCUT2D eigenvalue weighted by Crippen LogP contribution is -2.43. The van der Waals surface area contributed by atoms with Crippen LogP contribution in [0, 0.1) is 0 Å². The standard InChI is InChI=1S/C18H25N3O5/c1-18(2,3)25-9-14(20)17(24)26-16(23)13(19)6-10-8-21-15-5-4-11(22)7-12(10)15/h4-5,7-8,13-14,21-22H,6,9,19-20H2,1-3H3/t13-,14-/m0/s1. The molecule has 2 atom stereocenters. The van der Waals surface area contributed by atoms with Crippen molar-refractivity contribution in [3.8, 4) is 5.75 Å². The summed E-state index contributed by atoms with van der Waals surface area (Å²) in [7, 11) is 0. The van der Waals surface area contributed by atoms with Gasteiger partial charge in [-0.3, -0.25) is 0 Å². The summed E-state index contributed by atoms with van der Waals surface area (Å²) in [5, 5.41) is 10.3. The van der Waals surface area contributed by atoms with Crippen LogP contribution in [0.5, 0.6) is 5.75 Å². The molecule has 0 amide bonds. The van der Waals surface area contributed by atoms with Gasteiger partial charge >= 0.3 is 11.9 Å². The number of ether oxygens (including phenoxy) is 2. The number of phenols is 1. The Hall–Kier alpha value is -2.42. The molecular weight excluding hydrogens is 338 g/mol. The minimum Gasteiger partial charge on any atom is -0.508 e. The molecule has 26 heavy (non-hydrogen) atoms. The molecule has 1 aromatic carbocycles. The Bertz CT molecular complexity index is 794. The normalized spacial score (nSPS) is 14.2. The van der Waals surface area contributed by atoms with Gasteiger partial charge in [-0.1, -0.05) is 0 Å². The summed E-state index contributed by atoms with van der Waals surface area (Å²) in [6.07, 6.45) is 1.84. The number of aromatic hydroxyl groups is 1. The maximum absolute atomic E-state index is 12.1. The van der Waals surface area contributed by atoms with E-state index in [1.54, 1.807) is 24.4 Å². The van der Waals surface area contributed by atoms with E-state index < -0.39 is 29.6 Å². The van der Waals surface area contributed by atoms with Crippen LogP contribution in [0.3, 0.4) is 0 Å². The number of carbonyl (C=O) groups excluding carboxylic acids is 2. The van der Waals surface area contributed by atoms with Crippen molar-refractivity contribution in [2.45, 2.75) is 44.9 Å². The van der Waals surface area contributed by atoms with Crippen molar-refractivity contribution in [2.75, 3.05) is 6.61 Å². The lowest BCUT2D eigenvalue weighted by atomic mass is 10.1. The summed E-state index contributed by atoms with van der Waals surface area (Å²) in [6.45, 7) is 5.41. The monoisotopic (exact) mass is 363 g/mol. The summed E-state index contributed by atoms with van der Waals surface area (Å²) in [6, 6.07) is 2.72. The van der Waals surface area contributed by atoms with Crippen LogP contribution in [-0.4, -0.2) is 46.3 Å². The van der Waals surface area contributed by atoms with E-state index in [-0.39, 0.29) is 18.8 Å². The highest BCUT2D eigenvalue weighted by Gasteiger charge is 2.25. The predicted molar refractivity (Wildman–Crippen MR) is 96.4 cm³/mol. The highest BCUT2D eigenvalue weighted by atomic mass is 16.6. The van der Waals surface area contributed by atoms with E-state index in [0.717, 1.165) is 16.5 Å². The van der Waals surface area contributed by atoms with Crippen LogP contribution in [0.4, 0.5) is 0 Å². The van der Waals surface area contributed by atoms with Crippen molar-refractivity contribution in [3.63, 3.8) is 0 Å². The van der Waals surface area contributed by atoms with E-state index in [0.29, 0.717) is 0 Å². The third kappa shape index (κ3) is 5.29. The van der Waals surface area contributed by atoms with Gasteiger partial charge in [0.05, 0.1) is 12.2 Å². The second-order valence-electron chi connectivity index (χ2n) is 7.12. The molecule has 0 aliphatic heterocycles. The third-order valence-corrected chi connectivity index (χ3v) is 3.69. The Morgan fingerprint density at radius 2 is 1.85 bits per heavy atom. The zero-order valence-electron chi connectivity index (χ0n) is 15.1. The van der Waals surface area contributed by atoms with Crippen LogP contribution >= 0.6 is 0 Å². The van der Waals surface area contributed by atoms with Crippen molar-refractivity contribution < 1.29 is 24.2 Å². The fraction of sp³-hybridized carbons (Fsp3) is 0.444. The van der Waals surface area contributed by atoms with Crippen LogP contribution in [-0.2, 0) is 25.5 Å². The number of rotatable bonds is 6. The Morgan fingerprint density at radius 3 is 2.50 bits per heavy atom. The number of nitrogens with two attached hydrogens (primary N) is 2. The molecule has 0 aliphatic rings. The number of hydrogen-bond donors (Lipinski definition) is 4. The van der Waals surface area contributed by atoms with E-state index in [1.807, 2.05) is 20.8 Å². The Kier molecular flexibility index (Phi) is 6.01. The molecule has 2 rings (SSSR count). The molecule has 0 spiro atoms. The van der Waals surface area contributed by atoms with Gasteiger partial charge in [0.2, 0.25) is 0 Å². The fourth-order valence-electron chi connectivity index (χ4n) is 2.31. The first kappa shape index (κ1) is 19.9. The van der Waals surface area contributed by atoms with E-state index in [1.165, 1.54) is 0 Å². The van der Waals surface area contributed by atoms with E-state index >= 15 is 0 Å². The second kappa shape index (κ2) is 7.86. The number of esters is 2. The number of phenolic OH excluding ortho intramolecular Hbond substituents is 1. The first-order chi connectivity index (χ1) is 12.1. The van der Waals surface area contributed by atoms with Gasteiger partial charge < -0.3 is 31.0 Å².